The predicted molar refractivity (Wildman–Crippen MR) is 56.2 cm³/mol. The summed E-state index contributed by atoms with van der Waals surface area (Å²) in [5.41, 5.74) is 1.32. The smallest absolute Gasteiger partial charge is 0.102 e. The third-order valence-electron chi connectivity index (χ3n) is 3.13. The average Bonchev–Trinajstić information content (AvgIpc) is 2.17. The van der Waals surface area contributed by atoms with Gasteiger partial charge in [-0.05, 0) is 25.5 Å². The van der Waals surface area contributed by atoms with Gasteiger partial charge in [0.15, 0.2) is 0 Å². The molecular weight excluding hydrogens is 177 g/mol. The highest BCUT2D eigenvalue weighted by molar-refractivity contribution is 5.29. The van der Waals surface area contributed by atoms with Crippen molar-refractivity contribution in [2.45, 2.75) is 24.4 Å². The fourth-order valence-electron chi connectivity index (χ4n) is 2.40. The molecule has 2 heteroatoms. The first-order chi connectivity index (χ1) is 6.77. The minimum atomic E-state index is -0.608. The molecule has 0 atom stereocenters. The summed E-state index contributed by atoms with van der Waals surface area (Å²) in [6.45, 7) is 0.872. The van der Waals surface area contributed by atoms with Crippen LogP contribution in [0.1, 0.15) is 18.4 Å². The highest BCUT2D eigenvalue weighted by Gasteiger charge is 2.45. The van der Waals surface area contributed by atoms with Gasteiger partial charge in [-0.2, -0.15) is 0 Å². The van der Waals surface area contributed by atoms with Gasteiger partial charge in [-0.25, -0.2) is 4.39 Å². The van der Waals surface area contributed by atoms with Crippen molar-refractivity contribution in [2.24, 2.45) is 0 Å². The SMILES string of the molecule is CNCC1(c2ccccc2)CC(F)C1. The third-order valence-corrected chi connectivity index (χ3v) is 3.13. The largest absolute Gasteiger partial charge is 0.319 e. The van der Waals surface area contributed by atoms with Gasteiger partial charge in [0.1, 0.15) is 6.17 Å². The standard InChI is InChI=1S/C12H16FN/c1-14-9-12(7-11(13)8-12)10-5-3-2-4-6-10/h2-6,11,14H,7-9H2,1H3. The lowest BCUT2D eigenvalue weighted by Gasteiger charge is -2.44. The van der Waals surface area contributed by atoms with Crippen molar-refractivity contribution in [1.82, 2.24) is 5.32 Å². The van der Waals surface area contributed by atoms with Gasteiger partial charge in [-0.3, -0.25) is 0 Å². The normalized spacial score (nSPS) is 31.1. The second kappa shape index (κ2) is 3.70. The molecule has 0 bridgehead atoms. The minimum absolute atomic E-state index is 0.0510. The van der Waals surface area contributed by atoms with Gasteiger partial charge in [0.05, 0.1) is 0 Å². The predicted octanol–water partition coefficient (Wildman–Crippen LogP) is 2.28. The van der Waals surface area contributed by atoms with E-state index in [1.165, 1.54) is 5.56 Å². The summed E-state index contributed by atoms with van der Waals surface area (Å²) in [5, 5.41) is 3.16. The van der Waals surface area contributed by atoms with Gasteiger partial charge in [0.25, 0.3) is 0 Å². The lowest BCUT2D eigenvalue weighted by molar-refractivity contribution is 0.0940. The summed E-state index contributed by atoms with van der Waals surface area (Å²) in [6.07, 6.45) is 0.721. The molecule has 0 saturated heterocycles. The van der Waals surface area contributed by atoms with Crippen LogP contribution in [0.25, 0.3) is 0 Å². The minimum Gasteiger partial charge on any atom is -0.319 e. The first-order valence-corrected chi connectivity index (χ1v) is 5.11. The van der Waals surface area contributed by atoms with E-state index in [9.17, 15) is 4.39 Å². The number of hydrogen-bond acceptors (Lipinski definition) is 1. The van der Waals surface area contributed by atoms with Crippen molar-refractivity contribution in [3.05, 3.63) is 35.9 Å². The fraction of sp³-hybridized carbons (Fsp3) is 0.500. The van der Waals surface area contributed by atoms with E-state index in [0.717, 1.165) is 6.54 Å². The molecule has 1 nitrogen and oxygen atoms in total. The van der Waals surface area contributed by atoms with Crippen molar-refractivity contribution in [2.75, 3.05) is 13.6 Å². The van der Waals surface area contributed by atoms with Crippen LogP contribution in [0.5, 0.6) is 0 Å². The van der Waals surface area contributed by atoms with Gasteiger partial charge in [0.2, 0.25) is 0 Å². The number of halogens is 1. The lowest BCUT2D eigenvalue weighted by atomic mass is 9.63. The zero-order chi connectivity index (χ0) is 10.0. The summed E-state index contributed by atoms with van der Waals surface area (Å²) < 4.78 is 13.0. The molecule has 0 amide bonds. The Morgan fingerprint density at radius 3 is 2.50 bits per heavy atom. The molecule has 76 valence electrons. The molecule has 0 aromatic heterocycles. The first kappa shape index (κ1) is 9.66. The Balaban J connectivity index is 2.20. The quantitative estimate of drug-likeness (QED) is 0.776. The van der Waals surface area contributed by atoms with Crippen LogP contribution < -0.4 is 5.32 Å². The van der Waals surface area contributed by atoms with E-state index in [-0.39, 0.29) is 5.41 Å². The molecule has 2 rings (SSSR count). The number of nitrogens with one attached hydrogen (secondary N) is 1. The molecule has 1 aliphatic rings. The maximum Gasteiger partial charge on any atom is 0.102 e. The summed E-state index contributed by atoms with van der Waals surface area (Å²) >= 11 is 0. The van der Waals surface area contributed by atoms with Crippen molar-refractivity contribution < 1.29 is 4.39 Å². The molecule has 1 fully saturated rings. The Morgan fingerprint density at radius 1 is 1.36 bits per heavy atom. The van der Waals surface area contributed by atoms with E-state index in [0.29, 0.717) is 12.8 Å². The molecular formula is C12H16FN. The zero-order valence-electron chi connectivity index (χ0n) is 8.46. The zero-order valence-corrected chi connectivity index (χ0v) is 8.46. The van der Waals surface area contributed by atoms with E-state index in [1.807, 2.05) is 25.2 Å². The Kier molecular flexibility index (Phi) is 2.55. The van der Waals surface area contributed by atoms with Gasteiger partial charge >= 0.3 is 0 Å². The fourth-order valence-corrected chi connectivity index (χ4v) is 2.40. The Bertz CT molecular complexity index is 285. The molecule has 1 aliphatic carbocycles. The summed E-state index contributed by atoms with van der Waals surface area (Å²) in [5.74, 6) is 0. The van der Waals surface area contributed by atoms with Gasteiger partial charge in [-0.15, -0.1) is 0 Å². The van der Waals surface area contributed by atoms with E-state index < -0.39 is 6.17 Å². The number of hydrogen-bond donors (Lipinski definition) is 1. The number of alkyl halides is 1. The molecule has 1 aromatic carbocycles. The second-order valence-corrected chi connectivity index (χ2v) is 4.18. The van der Waals surface area contributed by atoms with E-state index in [1.54, 1.807) is 0 Å². The maximum atomic E-state index is 13.0. The van der Waals surface area contributed by atoms with Crippen LogP contribution in [0.2, 0.25) is 0 Å². The van der Waals surface area contributed by atoms with Gasteiger partial charge in [0, 0.05) is 12.0 Å². The van der Waals surface area contributed by atoms with Gasteiger partial charge in [-0.1, -0.05) is 30.3 Å². The average molecular weight is 193 g/mol. The molecule has 0 unspecified atom stereocenters. The van der Waals surface area contributed by atoms with E-state index in [4.69, 9.17) is 0 Å². The van der Waals surface area contributed by atoms with Crippen molar-refractivity contribution in [3.8, 4) is 0 Å². The molecule has 0 spiro atoms. The highest BCUT2D eigenvalue weighted by Crippen LogP contribution is 2.44. The van der Waals surface area contributed by atoms with E-state index >= 15 is 0 Å². The first-order valence-electron chi connectivity index (χ1n) is 5.11. The molecule has 1 N–H and O–H groups in total. The Labute approximate surface area is 84.3 Å². The number of likely N-dealkylation sites (N-methyl/N-ethyl adjacent to an activating group) is 1. The maximum absolute atomic E-state index is 13.0. The van der Waals surface area contributed by atoms with Crippen LogP contribution in [-0.4, -0.2) is 19.8 Å². The van der Waals surface area contributed by atoms with Crippen molar-refractivity contribution in [1.29, 1.82) is 0 Å². The molecule has 1 saturated carbocycles. The van der Waals surface area contributed by atoms with E-state index in [2.05, 4.69) is 17.4 Å². The van der Waals surface area contributed by atoms with Crippen LogP contribution in [-0.2, 0) is 5.41 Å². The molecule has 14 heavy (non-hydrogen) atoms. The molecule has 0 aliphatic heterocycles. The number of rotatable bonds is 3. The number of benzene rings is 1. The third kappa shape index (κ3) is 1.55. The topological polar surface area (TPSA) is 12.0 Å². The molecule has 0 heterocycles. The molecule has 1 aromatic rings. The summed E-state index contributed by atoms with van der Waals surface area (Å²) in [6, 6.07) is 10.3. The molecule has 0 radical (unpaired) electrons. The summed E-state index contributed by atoms with van der Waals surface area (Å²) in [7, 11) is 1.93. The van der Waals surface area contributed by atoms with Crippen LogP contribution in [0.4, 0.5) is 4.39 Å². The van der Waals surface area contributed by atoms with Crippen LogP contribution in [0.15, 0.2) is 30.3 Å². The second-order valence-electron chi connectivity index (χ2n) is 4.18. The van der Waals surface area contributed by atoms with Gasteiger partial charge < -0.3 is 5.32 Å². The summed E-state index contributed by atoms with van der Waals surface area (Å²) in [4.78, 5) is 0. The van der Waals surface area contributed by atoms with Crippen molar-refractivity contribution >= 4 is 0 Å². The monoisotopic (exact) mass is 193 g/mol. The van der Waals surface area contributed by atoms with Crippen LogP contribution in [0, 0.1) is 0 Å². The van der Waals surface area contributed by atoms with Crippen molar-refractivity contribution in [3.63, 3.8) is 0 Å². The van der Waals surface area contributed by atoms with Crippen LogP contribution in [0.3, 0.4) is 0 Å². The Morgan fingerprint density at radius 2 is 2.00 bits per heavy atom. The lowest BCUT2D eigenvalue weighted by Crippen LogP contribution is -2.49. The Hall–Kier alpha value is -0.890. The highest BCUT2D eigenvalue weighted by atomic mass is 19.1. The van der Waals surface area contributed by atoms with Crippen LogP contribution >= 0.6 is 0 Å².